The minimum atomic E-state index is -0.652. The quantitative estimate of drug-likeness (QED) is 0.671. The van der Waals surface area contributed by atoms with Crippen LogP contribution in [0, 0.1) is 10.1 Å². The number of benzene rings is 2. The number of hydrogen-bond acceptors (Lipinski definition) is 4. The van der Waals surface area contributed by atoms with Crippen molar-refractivity contribution >= 4 is 23.2 Å². The number of nitrogens with zero attached hydrogens (tertiary/aromatic N) is 2. The van der Waals surface area contributed by atoms with Gasteiger partial charge in [0.1, 0.15) is 0 Å². The van der Waals surface area contributed by atoms with Crippen LogP contribution < -0.4 is 10.2 Å². The lowest BCUT2D eigenvalue weighted by molar-refractivity contribution is -0.384. The Morgan fingerprint density at radius 2 is 1.73 bits per heavy atom. The van der Waals surface area contributed by atoms with Crippen molar-refractivity contribution in [3.8, 4) is 0 Å². The molecule has 3 rings (SSSR count). The Morgan fingerprint density at radius 3 is 2.27 bits per heavy atom. The first-order valence-electron chi connectivity index (χ1n) is 8.02. The molecule has 1 aliphatic rings. The molecule has 0 saturated heterocycles. The first kappa shape index (κ1) is 17.3. The van der Waals surface area contributed by atoms with Crippen LogP contribution in [0.15, 0.2) is 65.9 Å². The second kappa shape index (κ2) is 6.79. The van der Waals surface area contributed by atoms with Gasteiger partial charge in [0.2, 0.25) is 0 Å². The van der Waals surface area contributed by atoms with Crippen LogP contribution in [0.4, 0.5) is 16.2 Å². The Bertz CT molecular complexity index is 904. The number of carbonyl (C=O) groups is 2. The summed E-state index contributed by atoms with van der Waals surface area (Å²) in [5.41, 5.74) is 2.20. The van der Waals surface area contributed by atoms with Gasteiger partial charge in [-0.1, -0.05) is 18.2 Å². The van der Waals surface area contributed by atoms with Crippen LogP contribution in [0.25, 0.3) is 0 Å². The topological polar surface area (TPSA) is 92.6 Å². The SMILES string of the molecule is CC(=O)C1=C(C)N(c2ccccc2)C(=O)N[C@@H]1c1ccc([N+](=O)[O-])cc1. The van der Waals surface area contributed by atoms with E-state index in [0.29, 0.717) is 22.5 Å². The molecular weight excluding hydrogens is 334 g/mol. The third-order valence-corrected chi connectivity index (χ3v) is 4.32. The molecule has 2 aromatic carbocycles. The molecule has 0 unspecified atom stereocenters. The summed E-state index contributed by atoms with van der Waals surface area (Å²) in [6, 6.07) is 13.8. The van der Waals surface area contributed by atoms with Gasteiger partial charge in [-0.15, -0.1) is 0 Å². The van der Waals surface area contributed by atoms with Gasteiger partial charge in [-0.25, -0.2) is 4.79 Å². The van der Waals surface area contributed by atoms with Crippen LogP contribution in [0.1, 0.15) is 25.5 Å². The molecule has 0 aliphatic carbocycles. The standard InChI is InChI=1S/C19H17N3O4/c1-12-17(13(2)23)18(14-8-10-16(11-9-14)22(25)26)20-19(24)21(12)15-6-4-3-5-7-15/h3-11,18H,1-2H3,(H,20,24)/t18-/m1/s1. The number of Topliss-reactive ketones (excluding diaryl/α,β-unsaturated/α-hetero) is 1. The van der Waals surface area contributed by atoms with Gasteiger partial charge in [-0.05, 0) is 43.7 Å². The summed E-state index contributed by atoms with van der Waals surface area (Å²) < 4.78 is 0. The number of carbonyl (C=O) groups excluding carboxylic acids is 2. The Kier molecular flexibility index (Phi) is 4.53. The van der Waals surface area contributed by atoms with Gasteiger partial charge in [-0.2, -0.15) is 0 Å². The van der Waals surface area contributed by atoms with Gasteiger partial charge in [-0.3, -0.25) is 19.8 Å². The molecule has 7 nitrogen and oxygen atoms in total. The van der Waals surface area contributed by atoms with Gasteiger partial charge >= 0.3 is 6.03 Å². The molecule has 26 heavy (non-hydrogen) atoms. The lowest BCUT2D eigenvalue weighted by atomic mass is 9.92. The van der Waals surface area contributed by atoms with E-state index in [-0.39, 0.29) is 17.5 Å². The van der Waals surface area contributed by atoms with E-state index >= 15 is 0 Å². The minimum absolute atomic E-state index is 0.0492. The number of nitrogens with one attached hydrogen (secondary N) is 1. The van der Waals surface area contributed by atoms with Crippen LogP contribution in [0.3, 0.4) is 0 Å². The van der Waals surface area contributed by atoms with Gasteiger partial charge in [0.25, 0.3) is 5.69 Å². The minimum Gasteiger partial charge on any atom is -0.326 e. The fraction of sp³-hybridized carbons (Fsp3) is 0.158. The summed E-state index contributed by atoms with van der Waals surface area (Å²) in [6.07, 6.45) is 0. The maximum Gasteiger partial charge on any atom is 0.326 e. The van der Waals surface area contributed by atoms with E-state index in [1.165, 1.54) is 24.0 Å². The van der Waals surface area contributed by atoms with E-state index in [1.807, 2.05) is 18.2 Å². The van der Waals surface area contributed by atoms with Gasteiger partial charge in [0.15, 0.2) is 5.78 Å². The van der Waals surface area contributed by atoms with E-state index in [1.54, 1.807) is 31.2 Å². The fourth-order valence-electron chi connectivity index (χ4n) is 3.13. The summed E-state index contributed by atoms with van der Waals surface area (Å²) in [4.78, 5) is 36.8. The summed E-state index contributed by atoms with van der Waals surface area (Å²) >= 11 is 0. The third kappa shape index (κ3) is 3.06. The number of nitro benzene ring substituents is 1. The van der Waals surface area contributed by atoms with Crippen molar-refractivity contribution in [2.75, 3.05) is 4.90 Å². The first-order valence-corrected chi connectivity index (χ1v) is 8.02. The van der Waals surface area contributed by atoms with Crippen molar-refractivity contribution in [1.29, 1.82) is 0 Å². The van der Waals surface area contributed by atoms with Crippen molar-refractivity contribution in [2.45, 2.75) is 19.9 Å². The van der Waals surface area contributed by atoms with E-state index in [0.717, 1.165) is 0 Å². The lowest BCUT2D eigenvalue weighted by Crippen LogP contribution is -2.47. The molecule has 0 saturated carbocycles. The molecular formula is C19H17N3O4. The van der Waals surface area contributed by atoms with E-state index in [9.17, 15) is 19.7 Å². The molecule has 132 valence electrons. The summed E-state index contributed by atoms with van der Waals surface area (Å²) in [5, 5.41) is 13.7. The van der Waals surface area contributed by atoms with E-state index < -0.39 is 11.0 Å². The Morgan fingerprint density at radius 1 is 1.12 bits per heavy atom. The van der Waals surface area contributed by atoms with E-state index in [4.69, 9.17) is 0 Å². The highest BCUT2D eigenvalue weighted by atomic mass is 16.6. The van der Waals surface area contributed by atoms with Crippen molar-refractivity contribution in [3.63, 3.8) is 0 Å². The molecule has 1 atom stereocenters. The van der Waals surface area contributed by atoms with Crippen LogP contribution in [-0.4, -0.2) is 16.7 Å². The molecule has 0 bridgehead atoms. The fourth-order valence-corrected chi connectivity index (χ4v) is 3.13. The Labute approximate surface area is 150 Å². The number of anilines is 1. The Hall–Kier alpha value is -3.48. The molecule has 2 amide bonds. The van der Waals surface area contributed by atoms with Crippen LogP contribution >= 0.6 is 0 Å². The smallest absolute Gasteiger partial charge is 0.326 e. The summed E-state index contributed by atoms with van der Waals surface area (Å²) in [7, 11) is 0. The van der Waals surface area contributed by atoms with Gasteiger partial charge in [0.05, 0.1) is 16.7 Å². The highest BCUT2D eigenvalue weighted by molar-refractivity contribution is 6.04. The number of nitro groups is 1. The molecule has 1 N–H and O–H groups in total. The molecule has 0 radical (unpaired) electrons. The molecule has 2 aromatic rings. The van der Waals surface area contributed by atoms with Crippen LogP contribution in [-0.2, 0) is 4.79 Å². The van der Waals surface area contributed by atoms with Crippen LogP contribution in [0.2, 0.25) is 0 Å². The summed E-state index contributed by atoms with van der Waals surface area (Å²) in [6.45, 7) is 3.17. The third-order valence-electron chi connectivity index (χ3n) is 4.32. The number of hydrogen-bond donors (Lipinski definition) is 1. The molecule has 0 fully saturated rings. The highest BCUT2D eigenvalue weighted by Gasteiger charge is 2.34. The normalized spacial score (nSPS) is 17.1. The molecule has 0 spiro atoms. The molecule has 7 heteroatoms. The Balaban J connectivity index is 2.07. The molecule has 1 aliphatic heterocycles. The maximum absolute atomic E-state index is 12.7. The average Bonchev–Trinajstić information content (AvgIpc) is 2.61. The lowest BCUT2D eigenvalue weighted by Gasteiger charge is -2.35. The number of amides is 2. The zero-order valence-corrected chi connectivity index (χ0v) is 14.3. The summed E-state index contributed by atoms with van der Waals surface area (Å²) in [5.74, 6) is -0.174. The maximum atomic E-state index is 12.7. The molecule has 0 aromatic heterocycles. The number of urea groups is 1. The van der Waals surface area contributed by atoms with E-state index in [2.05, 4.69) is 5.32 Å². The average molecular weight is 351 g/mol. The molecule has 1 heterocycles. The zero-order chi connectivity index (χ0) is 18.8. The van der Waals surface area contributed by atoms with Gasteiger partial charge in [0, 0.05) is 23.4 Å². The predicted molar refractivity (Wildman–Crippen MR) is 96.7 cm³/mol. The predicted octanol–water partition coefficient (Wildman–Crippen LogP) is 3.73. The highest BCUT2D eigenvalue weighted by Crippen LogP contribution is 2.34. The second-order valence-corrected chi connectivity index (χ2v) is 5.96. The number of non-ortho nitro benzene ring substituents is 1. The van der Waals surface area contributed by atoms with Crippen molar-refractivity contribution in [1.82, 2.24) is 5.32 Å². The van der Waals surface area contributed by atoms with Crippen molar-refractivity contribution in [3.05, 3.63) is 81.5 Å². The first-order chi connectivity index (χ1) is 12.4. The van der Waals surface area contributed by atoms with Crippen molar-refractivity contribution in [2.24, 2.45) is 0 Å². The number of rotatable bonds is 4. The number of allylic oxidation sites excluding steroid dienone is 1. The van der Waals surface area contributed by atoms with Crippen LogP contribution in [0.5, 0.6) is 0 Å². The van der Waals surface area contributed by atoms with Gasteiger partial charge < -0.3 is 5.32 Å². The zero-order valence-electron chi connectivity index (χ0n) is 14.3. The largest absolute Gasteiger partial charge is 0.326 e. The number of para-hydroxylation sites is 1. The second-order valence-electron chi connectivity index (χ2n) is 5.96. The number of ketones is 1. The van der Waals surface area contributed by atoms with Crippen molar-refractivity contribution < 1.29 is 14.5 Å². The monoisotopic (exact) mass is 351 g/mol.